The van der Waals surface area contributed by atoms with Crippen LogP contribution in [0.4, 0.5) is 0 Å². The second kappa shape index (κ2) is 8.37. The van der Waals surface area contributed by atoms with Crippen LogP contribution in [0.2, 0.25) is 0 Å². The Labute approximate surface area is 156 Å². The van der Waals surface area contributed by atoms with Gasteiger partial charge in [-0.05, 0) is 45.7 Å². The molecule has 1 unspecified atom stereocenters. The van der Waals surface area contributed by atoms with E-state index in [2.05, 4.69) is 4.90 Å². The maximum atomic E-state index is 12.8. The normalized spacial score (nSPS) is 24.0. The molecule has 0 radical (unpaired) electrons. The fourth-order valence-electron chi connectivity index (χ4n) is 4.39. The van der Waals surface area contributed by atoms with E-state index in [9.17, 15) is 14.4 Å². The first-order chi connectivity index (χ1) is 12.5. The molecule has 0 aliphatic carbocycles. The van der Waals surface area contributed by atoms with Crippen molar-refractivity contribution in [3.05, 3.63) is 0 Å². The quantitative estimate of drug-likeness (QED) is 0.727. The molecule has 7 heteroatoms. The van der Waals surface area contributed by atoms with Crippen molar-refractivity contribution in [2.75, 3.05) is 52.4 Å². The molecule has 3 saturated heterocycles. The molecule has 3 rings (SSSR count). The number of nitrogens with zero attached hydrogens (tertiary/aromatic N) is 4. The topological polar surface area (TPSA) is 64.2 Å². The highest BCUT2D eigenvalue weighted by atomic mass is 16.2. The molecule has 3 aliphatic heterocycles. The van der Waals surface area contributed by atoms with E-state index >= 15 is 0 Å². The highest BCUT2D eigenvalue weighted by Crippen LogP contribution is 2.23. The lowest BCUT2D eigenvalue weighted by molar-refractivity contribution is -0.143. The minimum absolute atomic E-state index is 0.0786. The second-order valence-corrected chi connectivity index (χ2v) is 7.85. The predicted octanol–water partition coefficient (Wildman–Crippen LogP) is 0.400. The van der Waals surface area contributed by atoms with Crippen LogP contribution in [0.5, 0.6) is 0 Å². The number of hydrogen-bond donors (Lipinski definition) is 0. The summed E-state index contributed by atoms with van der Waals surface area (Å²) in [6.07, 6.45) is 3.97. The van der Waals surface area contributed by atoms with E-state index < -0.39 is 0 Å². The van der Waals surface area contributed by atoms with Crippen molar-refractivity contribution in [1.82, 2.24) is 19.6 Å². The van der Waals surface area contributed by atoms with Gasteiger partial charge >= 0.3 is 0 Å². The van der Waals surface area contributed by atoms with Gasteiger partial charge in [0.15, 0.2) is 0 Å². The fourth-order valence-corrected chi connectivity index (χ4v) is 4.39. The van der Waals surface area contributed by atoms with E-state index in [4.69, 9.17) is 0 Å². The summed E-state index contributed by atoms with van der Waals surface area (Å²) in [7, 11) is 0. The minimum Gasteiger partial charge on any atom is -0.342 e. The molecular weight excluding hydrogens is 332 g/mol. The number of likely N-dealkylation sites (tertiary alicyclic amines) is 2. The fraction of sp³-hybridized carbons (Fsp3) is 0.842. The first-order valence-electron chi connectivity index (χ1n) is 10.0. The van der Waals surface area contributed by atoms with Gasteiger partial charge in [0.05, 0.1) is 6.04 Å². The second-order valence-electron chi connectivity index (χ2n) is 7.85. The summed E-state index contributed by atoms with van der Waals surface area (Å²) in [5.74, 6) is 0.680. The van der Waals surface area contributed by atoms with Crippen molar-refractivity contribution >= 4 is 17.7 Å². The molecule has 26 heavy (non-hydrogen) atoms. The Balaban J connectivity index is 1.45. The molecule has 0 aromatic rings. The van der Waals surface area contributed by atoms with Crippen LogP contribution in [-0.4, -0.2) is 95.7 Å². The average Bonchev–Trinajstić information content (AvgIpc) is 3.21. The summed E-state index contributed by atoms with van der Waals surface area (Å²) in [4.78, 5) is 44.7. The molecule has 3 fully saturated rings. The molecule has 0 N–H and O–H groups in total. The number of piperazine rings is 1. The molecular formula is C19H32N4O3. The van der Waals surface area contributed by atoms with Crippen molar-refractivity contribution in [2.45, 2.75) is 45.6 Å². The number of carbonyl (C=O) groups is 3. The van der Waals surface area contributed by atoms with E-state index in [1.165, 1.54) is 0 Å². The predicted molar refractivity (Wildman–Crippen MR) is 98.4 cm³/mol. The van der Waals surface area contributed by atoms with Gasteiger partial charge in [0.25, 0.3) is 0 Å². The summed E-state index contributed by atoms with van der Waals surface area (Å²) >= 11 is 0. The van der Waals surface area contributed by atoms with E-state index in [1.54, 1.807) is 11.8 Å². The Morgan fingerprint density at radius 3 is 1.85 bits per heavy atom. The van der Waals surface area contributed by atoms with Gasteiger partial charge in [0.2, 0.25) is 17.7 Å². The van der Waals surface area contributed by atoms with Crippen molar-refractivity contribution in [2.24, 2.45) is 5.92 Å². The Hall–Kier alpha value is -1.63. The van der Waals surface area contributed by atoms with E-state index in [-0.39, 0.29) is 23.8 Å². The molecule has 0 aromatic heterocycles. The molecule has 0 spiro atoms. The van der Waals surface area contributed by atoms with Gasteiger partial charge in [-0.1, -0.05) is 0 Å². The number of carbonyl (C=O) groups excluding carboxylic acids is 3. The SMILES string of the molecule is CC(=O)N1CCN(C(=O)C(C)N2CCC(C(=O)N3CCCC3)CC2)CC1. The van der Waals surface area contributed by atoms with Crippen LogP contribution in [0, 0.1) is 5.92 Å². The van der Waals surface area contributed by atoms with Crippen molar-refractivity contribution in [3.63, 3.8) is 0 Å². The van der Waals surface area contributed by atoms with Crippen LogP contribution in [-0.2, 0) is 14.4 Å². The van der Waals surface area contributed by atoms with Gasteiger partial charge in [-0.25, -0.2) is 0 Å². The summed E-state index contributed by atoms with van der Waals surface area (Å²) in [6, 6.07) is -0.151. The zero-order valence-electron chi connectivity index (χ0n) is 16.2. The molecule has 0 bridgehead atoms. The van der Waals surface area contributed by atoms with Crippen molar-refractivity contribution in [3.8, 4) is 0 Å². The lowest BCUT2D eigenvalue weighted by Crippen LogP contribution is -2.56. The number of hydrogen-bond acceptors (Lipinski definition) is 4. The third-order valence-electron chi connectivity index (χ3n) is 6.24. The van der Waals surface area contributed by atoms with Crippen LogP contribution < -0.4 is 0 Å². The average molecular weight is 364 g/mol. The molecule has 3 amide bonds. The van der Waals surface area contributed by atoms with Gasteiger partial charge in [0.1, 0.15) is 0 Å². The van der Waals surface area contributed by atoms with Gasteiger partial charge < -0.3 is 14.7 Å². The minimum atomic E-state index is -0.151. The molecule has 3 heterocycles. The van der Waals surface area contributed by atoms with E-state index in [0.717, 1.165) is 51.9 Å². The third-order valence-corrected chi connectivity index (χ3v) is 6.24. The van der Waals surface area contributed by atoms with Gasteiger partial charge in [-0.15, -0.1) is 0 Å². The molecule has 7 nitrogen and oxygen atoms in total. The first-order valence-corrected chi connectivity index (χ1v) is 10.0. The zero-order chi connectivity index (χ0) is 18.7. The smallest absolute Gasteiger partial charge is 0.239 e. The van der Waals surface area contributed by atoms with Gasteiger partial charge in [0, 0.05) is 52.1 Å². The molecule has 146 valence electrons. The summed E-state index contributed by atoms with van der Waals surface area (Å²) in [5, 5.41) is 0. The maximum Gasteiger partial charge on any atom is 0.239 e. The standard InChI is InChI=1S/C19H32N4O3/c1-15(18(25)23-13-11-21(12-14-23)16(2)24)20-9-5-17(6-10-20)19(26)22-7-3-4-8-22/h15,17H,3-14H2,1-2H3. The largest absolute Gasteiger partial charge is 0.342 e. The molecule has 0 saturated carbocycles. The summed E-state index contributed by atoms with van der Waals surface area (Å²) < 4.78 is 0. The molecule has 3 aliphatic rings. The Kier molecular flexibility index (Phi) is 6.16. The lowest BCUT2D eigenvalue weighted by atomic mass is 9.94. The summed E-state index contributed by atoms with van der Waals surface area (Å²) in [5.41, 5.74) is 0. The van der Waals surface area contributed by atoms with Crippen LogP contribution >= 0.6 is 0 Å². The van der Waals surface area contributed by atoms with Crippen LogP contribution in [0.15, 0.2) is 0 Å². The number of piperidine rings is 1. The molecule has 0 aromatic carbocycles. The van der Waals surface area contributed by atoms with Crippen LogP contribution in [0.1, 0.15) is 39.5 Å². The third kappa shape index (κ3) is 4.19. The highest BCUT2D eigenvalue weighted by Gasteiger charge is 2.34. The van der Waals surface area contributed by atoms with Crippen molar-refractivity contribution < 1.29 is 14.4 Å². The highest BCUT2D eigenvalue weighted by molar-refractivity contribution is 5.82. The van der Waals surface area contributed by atoms with Gasteiger partial charge in [-0.2, -0.15) is 0 Å². The first kappa shape index (κ1) is 19.1. The number of amides is 3. The van der Waals surface area contributed by atoms with Crippen LogP contribution in [0.25, 0.3) is 0 Å². The van der Waals surface area contributed by atoms with E-state index in [0.29, 0.717) is 32.1 Å². The Morgan fingerprint density at radius 2 is 1.31 bits per heavy atom. The Bertz CT molecular complexity index is 531. The van der Waals surface area contributed by atoms with E-state index in [1.807, 2.05) is 16.7 Å². The molecule has 1 atom stereocenters. The zero-order valence-corrected chi connectivity index (χ0v) is 16.2. The van der Waals surface area contributed by atoms with Crippen molar-refractivity contribution in [1.29, 1.82) is 0 Å². The van der Waals surface area contributed by atoms with Gasteiger partial charge in [-0.3, -0.25) is 19.3 Å². The summed E-state index contributed by atoms with van der Waals surface area (Å²) in [6.45, 7) is 9.49. The Morgan fingerprint density at radius 1 is 0.769 bits per heavy atom. The van der Waals surface area contributed by atoms with Crippen LogP contribution in [0.3, 0.4) is 0 Å². The monoisotopic (exact) mass is 364 g/mol. The number of rotatable bonds is 3. The lowest BCUT2D eigenvalue weighted by Gasteiger charge is -2.40. The maximum absolute atomic E-state index is 12.8.